The summed E-state index contributed by atoms with van der Waals surface area (Å²) in [6.07, 6.45) is 3.64. The van der Waals surface area contributed by atoms with Crippen molar-refractivity contribution in [1.82, 2.24) is 4.90 Å². The zero-order valence-corrected chi connectivity index (χ0v) is 10.1. The second-order valence-electron chi connectivity index (χ2n) is 5.10. The molecule has 0 N–H and O–H groups in total. The van der Waals surface area contributed by atoms with E-state index in [4.69, 9.17) is 0 Å². The number of fused-ring (bicyclic) bond motifs is 3. The highest BCUT2D eigenvalue weighted by Gasteiger charge is 2.38. The molecule has 0 aromatic heterocycles. The van der Waals surface area contributed by atoms with Crippen molar-refractivity contribution < 1.29 is 0 Å². The number of likely N-dealkylation sites (tertiary alicyclic amines) is 1. The van der Waals surface area contributed by atoms with E-state index < -0.39 is 0 Å². The molecule has 1 aromatic rings. The molecule has 1 aromatic carbocycles. The van der Waals surface area contributed by atoms with Crippen LogP contribution in [-0.4, -0.2) is 25.0 Å². The number of hydrogen-bond donors (Lipinski definition) is 0. The molecule has 84 valence electrons. The molecule has 3 rings (SSSR count). The van der Waals surface area contributed by atoms with Gasteiger partial charge in [-0.2, -0.15) is 0 Å². The predicted octanol–water partition coefficient (Wildman–Crippen LogP) is 3.14. The maximum absolute atomic E-state index is 2.47. The minimum absolute atomic E-state index is 0.737. The van der Waals surface area contributed by atoms with E-state index in [-0.39, 0.29) is 0 Å². The highest BCUT2D eigenvalue weighted by molar-refractivity contribution is 5.76. The molecule has 1 saturated heterocycles. The molecule has 0 bridgehead atoms. The molecule has 1 fully saturated rings. The van der Waals surface area contributed by atoms with Gasteiger partial charge in [0.1, 0.15) is 0 Å². The third kappa shape index (κ3) is 1.35. The number of benzene rings is 1. The average molecular weight is 213 g/mol. The maximum atomic E-state index is 2.47. The van der Waals surface area contributed by atoms with Gasteiger partial charge < -0.3 is 4.90 Å². The summed E-state index contributed by atoms with van der Waals surface area (Å²) in [6, 6.07) is 8.98. The van der Waals surface area contributed by atoms with Gasteiger partial charge in [-0.25, -0.2) is 0 Å². The highest BCUT2D eigenvalue weighted by Crippen LogP contribution is 2.49. The van der Waals surface area contributed by atoms with E-state index in [1.165, 1.54) is 25.1 Å². The molecule has 2 unspecified atom stereocenters. The first-order chi connectivity index (χ1) is 7.81. The van der Waals surface area contributed by atoms with Crippen LogP contribution in [0.4, 0.5) is 0 Å². The van der Waals surface area contributed by atoms with E-state index in [0.29, 0.717) is 0 Å². The lowest BCUT2D eigenvalue weighted by Crippen LogP contribution is -2.35. The van der Waals surface area contributed by atoms with Crippen molar-refractivity contribution in [2.45, 2.75) is 19.3 Å². The van der Waals surface area contributed by atoms with Crippen molar-refractivity contribution >= 4 is 5.57 Å². The Balaban J connectivity index is 2.08. The molecule has 1 heteroatoms. The van der Waals surface area contributed by atoms with Crippen LogP contribution in [0.15, 0.2) is 30.3 Å². The van der Waals surface area contributed by atoms with Crippen molar-refractivity contribution in [3.05, 3.63) is 41.5 Å². The van der Waals surface area contributed by atoms with Gasteiger partial charge in [0.15, 0.2) is 0 Å². The molecule has 0 saturated carbocycles. The van der Waals surface area contributed by atoms with E-state index in [2.05, 4.69) is 49.2 Å². The Bertz CT molecular complexity index is 433. The first-order valence-electron chi connectivity index (χ1n) is 6.25. The van der Waals surface area contributed by atoms with E-state index in [0.717, 1.165) is 11.8 Å². The standard InChI is InChI=1S/C15H19N/c1-3-11-12-6-4-5-7-13(12)14-8-9-16(2)10-15(11)14/h3-7,14-15H,8-10H2,1-2H3/b11-3+. The number of nitrogens with zero attached hydrogens (tertiary/aromatic N) is 1. The lowest BCUT2D eigenvalue weighted by molar-refractivity contribution is 0.223. The Labute approximate surface area is 97.8 Å². The van der Waals surface area contributed by atoms with Gasteiger partial charge in [-0.15, -0.1) is 0 Å². The molecule has 1 aliphatic carbocycles. The van der Waals surface area contributed by atoms with Crippen LogP contribution in [-0.2, 0) is 0 Å². The maximum Gasteiger partial charge on any atom is 0.00532 e. The van der Waals surface area contributed by atoms with Gasteiger partial charge in [-0.1, -0.05) is 30.3 Å². The summed E-state index contributed by atoms with van der Waals surface area (Å²) in [6.45, 7) is 4.65. The van der Waals surface area contributed by atoms with Gasteiger partial charge in [0.05, 0.1) is 0 Å². The summed E-state index contributed by atoms with van der Waals surface area (Å²) in [5.41, 5.74) is 4.68. The Morgan fingerprint density at radius 3 is 2.88 bits per heavy atom. The molecule has 1 nitrogen and oxygen atoms in total. The molecule has 1 heterocycles. The molecule has 1 aliphatic heterocycles. The minimum Gasteiger partial charge on any atom is -0.306 e. The van der Waals surface area contributed by atoms with Crippen LogP contribution >= 0.6 is 0 Å². The zero-order valence-electron chi connectivity index (χ0n) is 10.1. The fourth-order valence-electron chi connectivity index (χ4n) is 3.45. The Hall–Kier alpha value is -1.08. The van der Waals surface area contributed by atoms with Crippen molar-refractivity contribution in [2.24, 2.45) is 5.92 Å². The Morgan fingerprint density at radius 2 is 2.06 bits per heavy atom. The quantitative estimate of drug-likeness (QED) is 0.640. The van der Waals surface area contributed by atoms with Crippen molar-refractivity contribution in [1.29, 1.82) is 0 Å². The smallest absolute Gasteiger partial charge is 0.00532 e. The molecule has 0 radical (unpaired) electrons. The van der Waals surface area contributed by atoms with E-state index in [1.807, 2.05) is 0 Å². The van der Waals surface area contributed by atoms with Gasteiger partial charge >= 0.3 is 0 Å². The Morgan fingerprint density at radius 1 is 1.25 bits per heavy atom. The fourth-order valence-corrected chi connectivity index (χ4v) is 3.45. The molecular weight excluding hydrogens is 194 g/mol. The zero-order chi connectivity index (χ0) is 11.1. The van der Waals surface area contributed by atoms with Crippen LogP contribution in [0, 0.1) is 5.92 Å². The van der Waals surface area contributed by atoms with Crippen LogP contribution in [0.3, 0.4) is 0 Å². The third-order valence-corrected chi connectivity index (χ3v) is 4.20. The van der Waals surface area contributed by atoms with Crippen molar-refractivity contribution in [3.8, 4) is 0 Å². The largest absolute Gasteiger partial charge is 0.306 e. The first kappa shape index (κ1) is 10.1. The average Bonchev–Trinajstić information content (AvgIpc) is 2.61. The lowest BCUT2D eigenvalue weighted by Gasteiger charge is -2.33. The van der Waals surface area contributed by atoms with Gasteiger partial charge in [0.25, 0.3) is 0 Å². The third-order valence-electron chi connectivity index (χ3n) is 4.20. The fraction of sp³-hybridized carbons (Fsp3) is 0.467. The summed E-state index contributed by atoms with van der Waals surface area (Å²) < 4.78 is 0. The van der Waals surface area contributed by atoms with E-state index >= 15 is 0 Å². The number of allylic oxidation sites excluding steroid dienone is 1. The molecule has 16 heavy (non-hydrogen) atoms. The van der Waals surface area contributed by atoms with Gasteiger partial charge in [-0.05, 0) is 49.6 Å². The minimum atomic E-state index is 0.737. The van der Waals surface area contributed by atoms with Crippen LogP contribution in [0.1, 0.15) is 30.4 Å². The van der Waals surface area contributed by atoms with Crippen LogP contribution < -0.4 is 0 Å². The Kier molecular flexibility index (Phi) is 2.36. The SMILES string of the molecule is C/C=C1\c2ccccc2C2CCN(C)CC12. The second-order valence-corrected chi connectivity index (χ2v) is 5.10. The van der Waals surface area contributed by atoms with Gasteiger partial charge in [-0.3, -0.25) is 0 Å². The van der Waals surface area contributed by atoms with Crippen LogP contribution in [0.5, 0.6) is 0 Å². The predicted molar refractivity (Wildman–Crippen MR) is 68.4 cm³/mol. The molecule has 2 atom stereocenters. The van der Waals surface area contributed by atoms with Crippen molar-refractivity contribution in [3.63, 3.8) is 0 Å². The summed E-state index contributed by atoms with van der Waals surface area (Å²) >= 11 is 0. The first-order valence-corrected chi connectivity index (χ1v) is 6.25. The monoisotopic (exact) mass is 213 g/mol. The van der Waals surface area contributed by atoms with Gasteiger partial charge in [0.2, 0.25) is 0 Å². The number of hydrogen-bond acceptors (Lipinski definition) is 1. The normalized spacial score (nSPS) is 31.5. The second kappa shape index (κ2) is 3.74. The van der Waals surface area contributed by atoms with Crippen LogP contribution in [0.2, 0.25) is 0 Å². The molecular formula is C15H19N. The van der Waals surface area contributed by atoms with Crippen molar-refractivity contribution in [2.75, 3.05) is 20.1 Å². The van der Waals surface area contributed by atoms with Crippen LogP contribution in [0.25, 0.3) is 5.57 Å². The van der Waals surface area contributed by atoms with E-state index in [1.54, 1.807) is 11.1 Å². The number of rotatable bonds is 0. The summed E-state index contributed by atoms with van der Waals surface area (Å²) in [5, 5.41) is 0. The number of piperidine rings is 1. The topological polar surface area (TPSA) is 3.24 Å². The summed E-state index contributed by atoms with van der Waals surface area (Å²) in [4.78, 5) is 2.47. The summed E-state index contributed by atoms with van der Waals surface area (Å²) in [7, 11) is 2.24. The molecule has 2 aliphatic rings. The summed E-state index contributed by atoms with van der Waals surface area (Å²) in [5.74, 6) is 1.51. The molecule has 0 amide bonds. The molecule has 0 spiro atoms. The lowest BCUT2D eigenvalue weighted by atomic mass is 9.84. The highest BCUT2D eigenvalue weighted by atomic mass is 15.1. The van der Waals surface area contributed by atoms with Gasteiger partial charge in [0, 0.05) is 12.5 Å². The van der Waals surface area contributed by atoms with E-state index in [9.17, 15) is 0 Å².